The standard InChI is InChI=1S/C14H10BrNO2/c15-13-6-5-11(7-12(13)14(16)18)10-3-1-9(8-17)2-4-10/h1-8H,(H2,16,18). The maximum atomic E-state index is 11.3. The molecule has 1 amide bonds. The van der Waals surface area contributed by atoms with Crippen molar-refractivity contribution in [2.75, 3.05) is 0 Å². The normalized spacial score (nSPS) is 10.1. The highest BCUT2D eigenvalue weighted by atomic mass is 79.9. The molecule has 3 nitrogen and oxygen atoms in total. The summed E-state index contributed by atoms with van der Waals surface area (Å²) in [6.45, 7) is 0. The van der Waals surface area contributed by atoms with Crippen molar-refractivity contribution in [1.82, 2.24) is 0 Å². The second-order valence-electron chi connectivity index (χ2n) is 3.80. The van der Waals surface area contributed by atoms with Crippen molar-refractivity contribution in [2.24, 2.45) is 5.73 Å². The van der Waals surface area contributed by atoms with Crippen LogP contribution >= 0.6 is 15.9 Å². The average molecular weight is 304 g/mol. The lowest BCUT2D eigenvalue weighted by molar-refractivity contribution is 0.0999. The van der Waals surface area contributed by atoms with E-state index in [1.807, 2.05) is 18.2 Å². The van der Waals surface area contributed by atoms with Crippen molar-refractivity contribution in [3.8, 4) is 11.1 Å². The zero-order valence-corrected chi connectivity index (χ0v) is 11.0. The molecule has 0 aliphatic carbocycles. The Labute approximate surface area is 113 Å². The summed E-state index contributed by atoms with van der Waals surface area (Å²) in [5.74, 6) is -0.478. The number of hydrogen-bond donors (Lipinski definition) is 1. The molecule has 0 saturated heterocycles. The fraction of sp³-hybridized carbons (Fsp3) is 0. The molecule has 0 fully saturated rings. The monoisotopic (exact) mass is 303 g/mol. The quantitative estimate of drug-likeness (QED) is 0.886. The van der Waals surface area contributed by atoms with Crippen LogP contribution in [0.4, 0.5) is 0 Å². The largest absolute Gasteiger partial charge is 0.366 e. The molecular weight excluding hydrogens is 294 g/mol. The van der Waals surface area contributed by atoms with Crippen molar-refractivity contribution in [2.45, 2.75) is 0 Å². The predicted molar refractivity (Wildman–Crippen MR) is 73.5 cm³/mol. The van der Waals surface area contributed by atoms with E-state index in [0.29, 0.717) is 15.6 Å². The van der Waals surface area contributed by atoms with E-state index in [1.165, 1.54) is 0 Å². The molecular formula is C14H10BrNO2. The molecule has 2 N–H and O–H groups in total. The Morgan fingerprint density at radius 3 is 2.22 bits per heavy atom. The minimum absolute atomic E-state index is 0.437. The molecule has 2 aromatic rings. The van der Waals surface area contributed by atoms with Gasteiger partial charge in [-0.05, 0) is 39.2 Å². The van der Waals surface area contributed by atoms with E-state index in [1.54, 1.807) is 24.3 Å². The SMILES string of the molecule is NC(=O)c1cc(-c2ccc(C=O)cc2)ccc1Br. The van der Waals surface area contributed by atoms with Gasteiger partial charge in [0.1, 0.15) is 6.29 Å². The molecule has 0 atom stereocenters. The van der Waals surface area contributed by atoms with Gasteiger partial charge >= 0.3 is 0 Å². The maximum Gasteiger partial charge on any atom is 0.249 e. The Kier molecular flexibility index (Phi) is 3.58. The molecule has 2 rings (SSSR count). The zero-order valence-electron chi connectivity index (χ0n) is 9.39. The smallest absolute Gasteiger partial charge is 0.249 e. The highest BCUT2D eigenvalue weighted by Gasteiger charge is 2.08. The van der Waals surface area contributed by atoms with Crippen LogP contribution in [-0.2, 0) is 0 Å². The molecule has 0 bridgehead atoms. The summed E-state index contributed by atoms with van der Waals surface area (Å²) in [7, 11) is 0. The molecule has 0 aliphatic heterocycles. The van der Waals surface area contributed by atoms with Crippen LogP contribution in [0.3, 0.4) is 0 Å². The second kappa shape index (κ2) is 5.14. The summed E-state index contributed by atoms with van der Waals surface area (Å²) < 4.78 is 0.670. The molecule has 0 spiro atoms. The molecule has 0 unspecified atom stereocenters. The minimum atomic E-state index is -0.478. The first-order chi connectivity index (χ1) is 8.61. The van der Waals surface area contributed by atoms with Crippen LogP contribution in [0.1, 0.15) is 20.7 Å². The lowest BCUT2D eigenvalue weighted by Gasteiger charge is -2.05. The molecule has 0 aromatic heterocycles. The lowest BCUT2D eigenvalue weighted by atomic mass is 10.0. The van der Waals surface area contributed by atoms with E-state index in [4.69, 9.17) is 5.73 Å². The van der Waals surface area contributed by atoms with Gasteiger partial charge in [-0.2, -0.15) is 0 Å². The van der Waals surface area contributed by atoms with E-state index in [9.17, 15) is 9.59 Å². The van der Waals surface area contributed by atoms with Crippen LogP contribution in [0.15, 0.2) is 46.9 Å². The molecule has 90 valence electrons. The number of hydrogen-bond acceptors (Lipinski definition) is 2. The number of carbonyl (C=O) groups is 2. The number of aldehydes is 1. The van der Waals surface area contributed by atoms with E-state index in [0.717, 1.165) is 17.4 Å². The third-order valence-corrected chi connectivity index (χ3v) is 3.30. The molecule has 2 aromatic carbocycles. The summed E-state index contributed by atoms with van der Waals surface area (Å²) in [5.41, 5.74) is 8.15. The first-order valence-electron chi connectivity index (χ1n) is 5.27. The van der Waals surface area contributed by atoms with Crippen LogP contribution < -0.4 is 5.73 Å². The van der Waals surface area contributed by atoms with Crippen LogP contribution in [-0.4, -0.2) is 12.2 Å². The van der Waals surface area contributed by atoms with Crippen LogP contribution in [0, 0.1) is 0 Å². The fourth-order valence-corrected chi connectivity index (χ4v) is 2.09. The summed E-state index contributed by atoms with van der Waals surface area (Å²) in [4.78, 5) is 21.8. The maximum absolute atomic E-state index is 11.3. The Morgan fingerprint density at radius 1 is 1.06 bits per heavy atom. The number of halogens is 1. The third kappa shape index (κ3) is 2.49. The van der Waals surface area contributed by atoms with Crippen molar-refractivity contribution in [3.05, 3.63) is 58.1 Å². The minimum Gasteiger partial charge on any atom is -0.366 e. The molecule has 18 heavy (non-hydrogen) atoms. The summed E-state index contributed by atoms with van der Waals surface area (Å²) in [5, 5.41) is 0. The number of primary amides is 1. The Balaban J connectivity index is 2.47. The third-order valence-electron chi connectivity index (χ3n) is 2.61. The molecule has 0 saturated carbocycles. The predicted octanol–water partition coefficient (Wildman–Crippen LogP) is 3.03. The van der Waals surface area contributed by atoms with Gasteiger partial charge in [-0.15, -0.1) is 0 Å². The van der Waals surface area contributed by atoms with E-state index in [2.05, 4.69) is 15.9 Å². The van der Waals surface area contributed by atoms with Crippen LogP contribution in [0.25, 0.3) is 11.1 Å². The summed E-state index contributed by atoms with van der Waals surface area (Å²) in [6, 6.07) is 12.5. The Morgan fingerprint density at radius 2 is 1.67 bits per heavy atom. The molecule has 0 aliphatic rings. The Hall–Kier alpha value is -1.94. The number of rotatable bonds is 3. The first-order valence-corrected chi connectivity index (χ1v) is 6.06. The highest BCUT2D eigenvalue weighted by Crippen LogP contribution is 2.25. The van der Waals surface area contributed by atoms with Gasteiger partial charge in [0.25, 0.3) is 0 Å². The fourth-order valence-electron chi connectivity index (χ4n) is 1.65. The van der Waals surface area contributed by atoms with E-state index >= 15 is 0 Å². The van der Waals surface area contributed by atoms with Crippen molar-refractivity contribution < 1.29 is 9.59 Å². The Bertz CT molecular complexity index is 606. The van der Waals surface area contributed by atoms with Crippen molar-refractivity contribution >= 4 is 28.1 Å². The second-order valence-corrected chi connectivity index (χ2v) is 4.65. The van der Waals surface area contributed by atoms with Crippen LogP contribution in [0.5, 0.6) is 0 Å². The van der Waals surface area contributed by atoms with E-state index in [-0.39, 0.29) is 0 Å². The topological polar surface area (TPSA) is 60.2 Å². The molecule has 4 heteroatoms. The number of nitrogens with two attached hydrogens (primary N) is 1. The zero-order chi connectivity index (χ0) is 13.1. The highest BCUT2D eigenvalue weighted by molar-refractivity contribution is 9.10. The van der Waals surface area contributed by atoms with Gasteiger partial charge in [0.05, 0.1) is 5.56 Å². The summed E-state index contributed by atoms with van der Waals surface area (Å²) >= 11 is 3.28. The first kappa shape index (κ1) is 12.5. The van der Waals surface area contributed by atoms with Crippen molar-refractivity contribution in [3.63, 3.8) is 0 Å². The van der Waals surface area contributed by atoms with Gasteiger partial charge < -0.3 is 5.73 Å². The summed E-state index contributed by atoms with van der Waals surface area (Å²) in [6.07, 6.45) is 0.792. The lowest BCUT2D eigenvalue weighted by Crippen LogP contribution is -2.11. The van der Waals surface area contributed by atoms with Gasteiger partial charge in [-0.1, -0.05) is 30.3 Å². The van der Waals surface area contributed by atoms with Gasteiger partial charge in [0.15, 0.2) is 0 Å². The van der Waals surface area contributed by atoms with Gasteiger partial charge in [0.2, 0.25) is 5.91 Å². The van der Waals surface area contributed by atoms with Crippen LogP contribution in [0.2, 0.25) is 0 Å². The molecule has 0 heterocycles. The van der Waals surface area contributed by atoms with Gasteiger partial charge in [-0.3, -0.25) is 9.59 Å². The molecule has 0 radical (unpaired) electrons. The van der Waals surface area contributed by atoms with Crippen molar-refractivity contribution in [1.29, 1.82) is 0 Å². The average Bonchev–Trinajstić information content (AvgIpc) is 2.39. The number of carbonyl (C=O) groups excluding carboxylic acids is 2. The van der Waals surface area contributed by atoms with E-state index < -0.39 is 5.91 Å². The van der Waals surface area contributed by atoms with Gasteiger partial charge in [-0.25, -0.2) is 0 Å². The number of amides is 1. The number of benzene rings is 2. The van der Waals surface area contributed by atoms with Gasteiger partial charge in [0, 0.05) is 10.0 Å².